The third-order valence-electron chi connectivity index (χ3n) is 4.72. The number of ether oxygens (including phenoxy) is 1. The molecule has 7 nitrogen and oxygen atoms in total. The fourth-order valence-electron chi connectivity index (χ4n) is 3.31. The van der Waals surface area contributed by atoms with Gasteiger partial charge in [-0.05, 0) is 29.1 Å². The van der Waals surface area contributed by atoms with E-state index in [2.05, 4.69) is 5.32 Å². The molecule has 0 bridgehead atoms. The Bertz CT molecular complexity index is 865. The molecule has 1 aliphatic heterocycles. The van der Waals surface area contributed by atoms with Crippen LogP contribution in [0.3, 0.4) is 0 Å². The van der Waals surface area contributed by atoms with Gasteiger partial charge in [0.25, 0.3) is 0 Å². The molecule has 2 amide bonds. The molecule has 2 atom stereocenters. The maximum Gasteiger partial charge on any atom is 0.339 e. The molecule has 0 saturated carbocycles. The molecule has 0 radical (unpaired) electrons. The standard InChI is InChI=1S/C19H20N2O5S/c1-21-16(22)9-13(17(21)15-4-3-7-27-15)18(23)20-10-11-5-6-14(26-2)12(8-11)19(24)25/h3-8,13,17H,9-10H2,1-2H3,(H,20,23)(H,24,25). The summed E-state index contributed by atoms with van der Waals surface area (Å²) in [6.45, 7) is 0.175. The quantitative estimate of drug-likeness (QED) is 0.792. The highest BCUT2D eigenvalue weighted by atomic mass is 32.1. The Labute approximate surface area is 160 Å². The lowest BCUT2D eigenvalue weighted by molar-refractivity contribution is -0.128. The lowest BCUT2D eigenvalue weighted by Crippen LogP contribution is -2.34. The summed E-state index contributed by atoms with van der Waals surface area (Å²) in [5.41, 5.74) is 0.684. The van der Waals surface area contributed by atoms with Gasteiger partial charge in [-0.25, -0.2) is 4.79 Å². The number of nitrogens with one attached hydrogen (secondary N) is 1. The van der Waals surface area contributed by atoms with Crippen LogP contribution < -0.4 is 10.1 Å². The topological polar surface area (TPSA) is 95.9 Å². The molecule has 3 rings (SSSR count). The number of carbonyl (C=O) groups excluding carboxylic acids is 2. The molecular formula is C19H20N2O5S. The zero-order valence-corrected chi connectivity index (χ0v) is 15.8. The van der Waals surface area contributed by atoms with Gasteiger partial charge in [-0.15, -0.1) is 11.3 Å². The third kappa shape index (κ3) is 3.80. The lowest BCUT2D eigenvalue weighted by atomic mass is 9.97. The average Bonchev–Trinajstić information content (AvgIpc) is 3.28. The van der Waals surface area contributed by atoms with Gasteiger partial charge in [-0.2, -0.15) is 0 Å². The first-order chi connectivity index (χ1) is 12.9. The van der Waals surface area contributed by atoms with Crippen LogP contribution in [0.15, 0.2) is 35.7 Å². The van der Waals surface area contributed by atoms with Crippen LogP contribution in [-0.4, -0.2) is 41.9 Å². The monoisotopic (exact) mass is 388 g/mol. The van der Waals surface area contributed by atoms with E-state index in [1.165, 1.54) is 24.5 Å². The first-order valence-electron chi connectivity index (χ1n) is 8.39. The SMILES string of the molecule is COc1ccc(CNC(=O)C2CC(=O)N(C)C2c2cccs2)cc1C(=O)O. The van der Waals surface area contributed by atoms with E-state index in [1.807, 2.05) is 17.5 Å². The number of methoxy groups -OCH3 is 1. The highest BCUT2D eigenvalue weighted by molar-refractivity contribution is 7.10. The van der Waals surface area contributed by atoms with Crippen molar-refractivity contribution in [2.75, 3.05) is 14.2 Å². The molecular weight excluding hydrogens is 368 g/mol. The zero-order chi connectivity index (χ0) is 19.6. The molecule has 1 aromatic heterocycles. The number of amides is 2. The number of hydrogen-bond donors (Lipinski definition) is 2. The van der Waals surface area contributed by atoms with Crippen molar-refractivity contribution in [1.82, 2.24) is 10.2 Å². The Morgan fingerprint density at radius 1 is 1.37 bits per heavy atom. The summed E-state index contributed by atoms with van der Waals surface area (Å²) in [4.78, 5) is 38.8. The smallest absolute Gasteiger partial charge is 0.339 e. The highest BCUT2D eigenvalue weighted by Crippen LogP contribution is 2.39. The Hall–Kier alpha value is -2.87. The second kappa shape index (κ2) is 7.79. The van der Waals surface area contributed by atoms with Gasteiger partial charge in [0, 0.05) is 24.9 Å². The Kier molecular flexibility index (Phi) is 5.46. The summed E-state index contributed by atoms with van der Waals surface area (Å²) in [5.74, 6) is -1.59. The summed E-state index contributed by atoms with van der Waals surface area (Å²) in [6.07, 6.45) is 0.161. The largest absolute Gasteiger partial charge is 0.496 e. The fourth-order valence-corrected chi connectivity index (χ4v) is 4.24. The minimum absolute atomic E-state index is 0.0384. The number of nitrogens with zero attached hydrogens (tertiary/aromatic N) is 1. The fraction of sp³-hybridized carbons (Fsp3) is 0.316. The van der Waals surface area contributed by atoms with Gasteiger partial charge in [0.15, 0.2) is 0 Å². The van der Waals surface area contributed by atoms with Crippen molar-refractivity contribution >= 4 is 29.1 Å². The van der Waals surface area contributed by atoms with Crippen LogP contribution in [0.5, 0.6) is 5.75 Å². The number of thiophene rings is 1. The van der Waals surface area contributed by atoms with Crippen molar-refractivity contribution in [3.8, 4) is 5.75 Å². The number of carboxylic acids is 1. The molecule has 142 valence electrons. The minimum Gasteiger partial charge on any atom is -0.496 e. The van der Waals surface area contributed by atoms with E-state index >= 15 is 0 Å². The van der Waals surface area contributed by atoms with Crippen molar-refractivity contribution in [2.24, 2.45) is 5.92 Å². The normalized spacial score (nSPS) is 19.2. The summed E-state index contributed by atoms with van der Waals surface area (Å²) >= 11 is 1.52. The predicted octanol–water partition coefficient (Wildman–Crippen LogP) is 2.29. The van der Waals surface area contributed by atoms with E-state index in [0.29, 0.717) is 5.56 Å². The van der Waals surface area contributed by atoms with Gasteiger partial charge < -0.3 is 20.1 Å². The number of aromatic carboxylic acids is 1. The van der Waals surface area contributed by atoms with Crippen molar-refractivity contribution in [3.63, 3.8) is 0 Å². The average molecular weight is 388 g/mol. The van der Waals surface area contributed by atoms with Crippen LogP contribution >= 0.6 is 11.3 Å². The molecule has 2 heterocycles. The number of likely N-dealkylation sites (tertiary alicyclic amines) is 1. The van der Waals surface area contributed by atoms with Crippen LogP contribution in [0.1, 0.15) is 33.3 Å². The molecule has 1 fully saturated rings. The van der Waals surface area contributed by atoms with Crippen LogP contribution in [0, 0.1) is 5.92 Å². The van der Waals surface area contributed by atoms with Crippen LogP contribution in [0.25, 0.3) is 0 Å². The van der Waals surface area contributed by atoms with Crippen molar-refractivity contribution in [1.29, 1.82) is 0 Å². The van der Waals surface area contributed by atoms with Gasteiger partial charge in [-0.1, -0.05) is 12.1 Å². The Morgan fingerprint density at radius 3 is 2.78 bits per heavy atom. The molecule has 1 saturated heterocycles. The molecule has 2 aromatic rings. The van der Waals surface area contributed by atoms with E-state index < -0.39 is 11.9 Å². The minimum atomic E-state index is -1.10. The van der Waals surface area contributed by atoms with Gasteiger partial charge in [-0.3, -0.25) is 9.59 Å². The van der Waals surface area contributed by atoms with E-state index in [4.69, 9.17) is 4.74 Å². The van der Waals surface area contributed by atoms with Gasteiger partial charge in [0.05, 0.1) is 19.1 Å². The Balaban J connectivity index is 1.73. The molecule has 1 aromatic carbocycles. The molecule has 0 aliphatic carbocycles. The highest BCUT2D eigenvalue weighted by Gasteiger charge is 2.43. The van der Waals surface area contributed by atoms with Crippen LogP contribution in [0.2, 0.25) is 0 Å². The van der Waals surface area contributed by atoms with Gasteiger partial charge >= 0.3 is 5.97 Å². The second-order valence-electron chi connectivity index (χ2n) is 6.33. The van der Waals surface area contributed by atoms with E-state index in [1.54, 1.807) is 24.1 Å². The Morgan fingerprint density at radius 2 is 2.15 bits per heavy atom. The number of carbonyl (C=O) groups is 3. The van der Waals surface area contributed by atoms with Gasteiger partial charge in [0.2, 0.25) is 11.8 Å². The van der Waals surface area contributed by atoms with Crippen molar-refractivity contribution in [2.45, 2.75) is 19.0 Å². The predicted molar refractivity (Wildman–Crippen MR) is 99.7 cm³/mol. The maximum atomic E-state index is 12.7. The number of carboxylic acid groups (broad SMARTS) is 1. The molecule has 2 unspecified atom stereocenters. The number of hydrogen-bond acceptors (Lipinski definition) is 5. The zero-order valence-electron chi connectivity index (χ0n) is 15.0. The third-order valence-corrected chi connectivity index (χ3v) is 5.66. The summed E-state index contributed by atoms with van der Waals surface area (Å²) in [5, 5.41) is 14.0. The van der Waals surface area contributed by atoms with Gasteiger partial charge in [0.1, 0.15) is 11.3 Å². The molecule has 2 N–H and O–H groups in total. The van der Waals surface area contributed by atoms with E-state index in [0.717, 1.165) is 4.88 Å². The van der Waals surface area contributed by atoms with Crippen LogP contribution in [0.4, 0.5) is 0 Å². The van der Waals surface area contributed by atoms with Crippen LogP contribution in [-0.2, 0) is 16.1 Å². The van der Waals surface area contributed by atoms with E-state index in [-0.39, 0.29) is 42.1 Å². The first kappa shape index (κ1) is 18.9. The number of rotatable bonds is 6. The molecule has 27 heavy (non-hydrogen) atoms. The maximum absolute atomic E-state index is 12.7. The lowest BCUT2D eigenvalue weighted by Gasteiger charge is -2.23. The summed E-state index contributed by atoms with van der Waals surface area (Å²) in [6, 6.07) is 8.29. The molecule has 8 heteroatoms. The van der Waals surface area contributed by atoms with Crippen molar-refractivity contribution in [3.05, 3.63) is 51.7 Å². The summed E-state index contributed by atoms with van der Waals surface area (Å²) < 4.78 is 5.04. The molecule has 0 spiro atoms. The first-order valence-corrected chi connectivity index (χ1v) is 9.27. The second-order valence-corrected chi connectivity index (χ2v) is 7.31. The molecule has 1 aliphatic rings. The van der Waals surface area contributed by atoms with Crippen molar-refractivity contribution < 1.29 is 24.2 Å². The van der Waals surface area contributed by atoms with E-state index in [9.17, 15) is 19.5 Å². The number of benzene rings is 1. The summed E-state index contributed by atoms with van der Waals surface area (Å²) in [7, 11) is 3.12.